The third-order valence-corrected chi connectivity index (χ3v) is 7.24. The van der Waals surface area contributed by atoms with E-state index in [4.69, 9.17) is 5.10 Å². The Morgan fingerprint density at radius 3 is 1.81 bits per heavy atom. The highest BCUT2D eigenvalue weighted by Gasteiger charge is 2.29. The van der Waals surface area contributed by atoms with Crippen LogP contribution in [0, 0.1) is 13.8 Å². The number of aryl methyl sites for hydroxylation is 1. The fourth-order valence-corrected chi connectivity index (χ4v) is 5.20. The maximum absolute atomic E-state index is 14.5. The molecule has 0 unspecified atom stereocenters. The van der Waals surface area contributed by atoms with E-state index in [1.165, 1.54) is 4.68 Å². The highest BCUT2D eigenvalue weighted by atomic mass is 16.2. The van der Waals surface area contributed by atoms with Gasteiger partial charge in [-0.25, -0.2) is 4.79 Å². The van der Waals surface area contributed by atoms with Gasteiger partial charge in [-0.15, -0.1) is 0 Å². The van der Waals surface area contributed by atoms with Gasteiger partial charge in [0.15, 0.2) is 0 Å². The van der Waals surface area contributed by atoms with Gasteiger partial charge >= 0.3 is 5.69 Å². The molecule has 5 aromatic rings. The fraction of sp³-hybridized carbons (Fsp3) is 0.194. The Labute approximate surface area is 247 Å². The lowest BCUT2D eigenvalue weighted by Crippen LogP contribution is -2.41. The van der Waals surface area contributed by atoms with E-state index in [1.807, 2.05) is 143 Å². The predicted octanol–water partition coefficient (Wildman–Crippen LogP) is 6.54. The van der Waals surface area contributed by atoms with E-state index in [0.29, 0.717) is 23.5 Å². The first-order valence-electron chi connectivity index (χ1n) is 14.3. The molecule has 1 amide bonds. The van der Waals surface area contributed by atoms with Crippen LogP contribution in [0.1, 0.15) is 47.8 Å². The van der Waals surface area contributed by atoms with Gasteiger partial charge in [-0.3, -0.25) is 9.36 Å². The number of hydrogen-bond acceptors (Lipinski definition) is 3. The summed E-state index contributed by atoms with van der Waals surface area (Å²) >= 11 is 0. The third-order valence-electron chi connectivity index (χ3n) is 7.24. The number of carbonyl (C=O) groups is 1. The van der Waals surface area contributed by atoms with Crippen LogP contribution < -0.4 is 11.0 Å². The summed E-state index contributed by atoms with van der Waals surface area (Å²) in [5.74, 6) is -0.206. The van der Waals surface area contributed by atoms with Crippen LogP contribution in [0.3, 0.4) is 0 Å². The second kappa shape index (κ2) is 12.7. The lowest BCUT2D eigenvalue weighted by Gasteiger charge is -2.21. The maximum Gasteiger partial charge on any atom is 0.350 e. The van der Waals surface area contributed by atoms with Crippen molar-refractivity contribution in [3.8, 4) is 11.3 Å². The number of aromatic nitrogens is 2. The molecule has 5 rings (SSSR count). The van der Waals surface area contributed by atoms with Crippen LogP contribution >= 0.6 is 0 Å². The van der Waals surface area contributed by atoms with Crippen molar-refractivity contribution in [1.82, 2.24) is 14.6 Å². The summed E-state index contributed by atoms with van der Waals surface area (Å²) in [4.78, 5) is 28.2. The number of benzene rings is 4. The zero-order chi connectivity index (χ0) is 29.6. The van der Waals surface area contributed by atoms with E-state index >= 15 is 0 Å². The zero-order valence-electron chi connectivity index (χ0n) is 24.5. The SMILES string of the molecule is Cc1ccc(-c2c(C)n([C@@H](Cc3ccccc3)C(=O)NC(C)C)c(=O)n2N=C(c2ccccc2)c2ccccc2)cc1. The largest absolute Gasteiger partial charge is 0.352 e. The lowest BCUT2D eigenvalue weighted by atomic mass is 10.0. The van der Waals surface area contributed by atoms with Crippen LogP contribution in [0.15, 0.2) is 125 Å². The normalized spacial score (nSPS) is 11.7. The molecule has 0 fully saturated rings. The summed E-state index contributed by atoms with van der Waals surface area (Å²) in [5, 5.41) is 8.10. The molecule has 1 atom stereocenters. The topological polar surface area (TPSA) is 68.4 Å². The van der Waals surface area contributed by atoms with E-state index in [2.05, 4.69) is 5.32 Å². The van der Waals surface area contributed by atoms with Gasteiger partial charge in [-0.1, -0.05) is 121 Å². The molecule has 0 aliphatic carbocycles. The molecule has 1 heterocycles. The monoisotopic (exact) mass is 556 g/mol. The second-order valence-electron chi connectivity index (χ2n) is 10.8. The highest BCUT2D eigenvalue weighted by molar-refractivity contribution is 6.12. The third kappa shape index (κ3) is 6.18. The van der Waals surface area contributed by atoms with E-state index in [1.54, 1.807) is 4.57 Å². The Bertz CT molecular complexity index is 1690. The van der Waals surface area contributed by atoms with Crippen molar-refractivity contribution in [3.63, 3.8) is 0 Å². The van der Waals surface area contributed by atoms with Gasteiger partial charge in [0.2, 0.25) is 5.91 Å². The van der Waals surface area contributed by atoms with Crippen molar-refractivity contribution < 1.29 is 4.79 Å². The van der Waals surface area contributed by atoms with Crippen molar-refractivity contribution >= 4 is 11.6 Å². The maximum atomic E-state index is 14.5. The molecule has 6 nitrogen and oxygen atoms in total. The van der Waals surface area contributed by atoms with Gasteiger partial charge in [0.05, 0.1) is 11.4 Å². The van der Waals surface area contributed by atoms with Crippen molar-refractivity contribution in [2.45, 2.75) is 46.2 Å². The Morgan fingerprint density at radius 1 is 0.762 bits per heavy atom. The number of carbonyl (C=O) groups excluding carboxylic acids is 1. The molecule has 0 saturated carbocycles. The van der Waals surface area contributed by atoms with Gasteiger partial charge in [0, 0.05) is 34.8 Å². The number of rotatable bonds is 9. The molecule has 0 saturated heterocycles. The summed E-state index contributed by atoms with van der Waals surface area (Å²) in [5.41, 5.74) is 6.32. The standard InChI is InChI=1S/C36H36N4O2/c1-25(2)37-35(41)32(24-28-14-8-5-9-15-28)39-27(4)34(31-22-20-26(3)21-23-31)40(36(39)42)38-33(29-16-10-6-11-17-29)30-18-12-7-13-19-30/h5-23,25,32H,24H2,1-4H3,(H,37,41)/t32-/m0/s1. The van der Waals surface area contributed by atoms with Crippen LogP contribution in [0.2, 0.25) is 0 Å². The van der Waals surface area contributed by atoms with Crippen molar-refractivity contribution in [3.05, 3.63) is 154 Å². The molecule has 4 aromatic carbocycles. The molecule has 212 valence electrons. The summed E-state index contributed by atoms with van der Waals surface area (Å²) in [6.07, 6.45) is 0.367. The van der Waals surface area contributed by atoms with E-state index in [9.17, 15) is 9.59 Å². The Hall–Kier alpha value is -4.97. The molecule has 0 spiro atoms. The second-order valence-corrected chi connectivity index (χ2v) is 10.8. The molecule has 0 aliphatic heterocycles. The van der Waals surface area contributed by atoms with Crippen LogP contribution in [-0.2, 0) is 11.2 Å². The summed E-state index contributed by atoms with van der Waals surface area (Å²) < 4.78 is 3.08. The number of nitrogens with zero attached hydrogens (tertiary/aromatic N) is 3. The molecule has 0 bridgehead atoms. The van der Waals surface area contributed by atoms with Gasteiger partial charge in [0.1, 0.15) is 6.04 Å². The zero-order valence-corrected chi connectivity index (χ0v) is 24.5. The summed E-state index contributed by atoms with van der Waals surface area (Å²) in [6, 6.07) is 36.7. The molecule has 1 aromatic heterocycles. The summed E-state index contributed by atoms with van der Waals surface area (Å²) in [6.45, 7) is 7.77. The van der Waals surface area contributed by atoms with Crippen molar-refractivity contribution in [2.24, 2.45) is 5.10 Å². The minimum Gasteiger partial charge on any atom is -0.352 e. The van der Waals surface area contributed by atoms with Crippen LogP contribution in [0.4, 0.5) is 0 Å². The highest BCUT2D eigenvalue weighted by Crippen LogP contribution is 2.27. The lowest BCUT2D eigenvalue weighted by molar-refractivity contribution is -0.125. The predicted molar refractivity (Wildman–Crippen MR) is 170 cm³/mol. The van der Waals surface area contributed by atoms with Crippen molar-refractivity contribution in [1.29, 1.82) is 0 Å². The van der Waals surface area contributed by atoms with Gasteiger partial charge in [0.25, 0.3) is 0 Å². The van der Waals surface area contributed by atoms with Crippen molar-refractivity contribution in [2.75, 3.05) is 0 Å². The van der Waals surface area contributed by atoms with Crippen LogP contribution in [0.5, 0.6) is 0 Å². The minimum absolute atomic E-state index is 0.0776. The number of imidazole rings is 1. The molecule has 42 heavy (non-hydrogen) atoms. The van der Waals surface area contributed by atoms with Gasteiger partial charge in [-0.05, 0) is 33.3 Å². The Kier molecular flexibility index (Phi) is 8.63. The Morgan fingerprint density at radius 2 is 1.29 bits per heavy atom. The molecule has 1 N–H and O–H groups in total. The van der Waals surface area contributed by atoms with Gasteiger partial charge in [-0.2, -0.15) is 9.78 Å². The average molecular weight is 557 g/mol. The molecular weight excluding hydrogens is 520 g/mol. The first-order valence-corrected chi connectivity index (χ1v) is 14.3. The Balaban J connectivity index is 1.79. The van der Waals surface area contributed by atoms with Gasteiger partial charge < -0.3 is 5.32 Å². The number of amides is 1. The smallest absolute Gasteiger partial charge is 0.350 e. The van der Waals surface area contributed by atoms with E-state index in [0.717, 1.165) is 27.8 Å². The number of hydrogen-bond donors (Lipinski definition) is 1. The number of nitrogens with one attached hydrogen (secondary N) is 1. The first kappa shape index (κ1) is 28.6. The molecule has 0 aliphatic rings. The van der Waals surface area contributed by atoms with E-state index < -0.39 is 6.04 Å². The first-order chi connectivity index (χ1) is 20.3. The van der Waals surface area contributed by atoms with Crippen LogP contribution in [0.25, 0.3) is 11.3 Å². The average Bonchev–Trinajstić information content (AvgIpc) is 3.24. The quantitative estimate of drug-likeness (QED) is 0.209. The molecular formula is C36H36N4O2. The van der Waals surface area contributed by atoms with Crippen LogP contribution in [-0.4, -0.2) is 26.9 Å². The fourth-order valence-electron chi connectivity index (χ4n) is 5.20. The minimum atomic E-state index is -0.764. The summed E-state index contributed by atoms with van der Waals surface area (Å²) in [7, 11) is 0. The molecule has 6 heteroatoms. The molecule has 0 radical (unpaired) electrons. The van der Waals surface area contributed by atoms with E-state index in [-0.39, 0.29) is 17.6 Å².